The zero-order valence-electron chi connectivity index (χ0n) is 19.6. The van der Waals surface area contributed by atoms with Gasteiger partial charge in [-0.15, -0.1) is 0 Å². The predicted molar refractivity (Wildman–Crippen MR) is 138 cm³/mol. The molecular weight excluding hydrogens is 468 g/mol. The summed E-state index contributed by atoms with van der Waals surface area (Å²) in [5, 5.41) is 6.41. The molecule has 0 radical (unpaired) electrons. The quantitative estimate of drug-likeness (QED) is 0.594. The van der Waals surface area contributed by atoms with E-state index in [-0.39, 0.29) is 24.3 Å². The van der Waals surface area contributed by atoms with Gasteiger partial charge in [-0.1, -0.05) is 65.8 Å². The first-order chi connectivity index (χ1) is 16.3. The minimum Gasteiger partial charge on any atom is -0.349 e. The van der Waals surface area contributed by atoms with Gasteiger partial charge in [-0.3, -0.25) is 9.59 Å². The standard InChI is InChI=1S/C26H27ClN4O2S/c1-16(18-8-6-5-7-9-18)28-22(32)14-21-15-34-26-29-17(2)23(25(33)30(3)4)24(31(21)26)19-10-12-20(27)13-11-19/h5-13,15-16,24H,14H2,1-4H3,(H,28,32)/t16-,24-/m1/s1. The van der Waals surface area contributed by atoms with Gasteiger partial charge in [0.1, 0.15) is 0 Å². The van der Waals surface area contributed by atoms with Crippen LogP contribution in [0.15, 0.2) is 82.0 Å². The highest BCUT2D eigenvalue weighted by Gasteiger charge is 2.40. The average Bonchev–Trinajstić information content (AvgIpc) is 3.20. The first-order valence-electron chi connectivity index (χ1n) is 11.0. The van der Waals surface area contributed by atoms with Crippen molar-refractivity contribution in [2.75, 3.05) is 14.1 Å². The molecule has 34 heavy (non-hydrogen) atoms. The third-order valence-corrected chi connectivity index (χ3v) is 6.98. The molecule has 2 aromatic rings. The van der Waals surface area contributed by atoms with E-state index in [1.54, 1.807) is 19.0 Å². The van der Waals surface area contributed by atoms with E-state index in [0.29, 0.717) is 16.3 Å². The molecule has 1 N–H and O–H groups in total. The van der Waals surface area contributed by atoms with Gasteiger partial charge >= 0.3 is 0 Å². The fourth-order valence-corrected chi connectivity index (χ4v) is 5.22. The van der Waals surface area contributed by atoms with Crippen LogP contribution in [-0.4, -0.2) is 40.9 Å². The molecule has 0 aromatic heterocycles. The van der Waals surface area contributed by atoms with E-state index in [0.717, 1.165) is 22.0 Å². The summed E-state index contributed by atoms with van der Waals surface area (Å²) < 4.78 is 0. The third-order valence-electron chi connectivity index (χ3n) is 5.84. The normalized spacial score (nSPS) is 18.1. The van der Waals surface area contributed by atoms with Crippen LogP contribution in [0.25, 0.3) is 0 Å². The predicted octanol–water partition coefficient (Wildman–Crippen LogP) is 5.27. The Kier molecular flexibility index (Phi) is 7.14. The number of allylic oxidation sites excluding steroid dienone is 1. The number of benzene rings is 2. The van der Waals surface area contributed by atoms with E-state index >= 15 is 0 Å². The van der Waals surface area contributed by atoms with Crippen LogP contribution in [0.2, 0.25) is 5.02 Å². The van der Waals surface area contributed by atoms with Crippen LogP contribution in [-0.2, 0) is 9.59 Å². The number of hydrogen-bond donors (Lipinski definition) is 1. The van der Waals surface area contributed by atoms with Crippen LogP contribution in [0.1, 0.15) is 43.5 Å². The Labute approximate surface area is 209 Å². The molecule has 0 bridgehead atoms. The fraction of sp³-hybridized carbons (Fsp3) is 0.269. The van der Waals surface area contributed by atoms with Gasteiger partial charge in [0.25, 0.3) is 5.91 Å². The Bertz CT molecular complexity index is 1190. The Morgan fingerprint density at radius 1 is 1.15 bits per heavy atom. The van der Waals surface area contributed by atoms with E-state index in [4.69, 9.17) is 16.6 Å². The summed E-state index contributed by atoms with van der Waals surface area (Å²) in [6.45, 7) is 3.83. The van der Waals surface area contributed by atoms with Crippen molar-refractivity contribution in [2.45, 2.75) is 32.4 Å². The number of fused-ring (bicyclic) bond motifs is 1. The maximum atomic E-state index is 13.2. The van der Waals surface area contributed by atoms with Gasteiger partial charge in [0.15, 0.2) is 5.17 Å². The van der Waals surface area contributed by atoms with Crippen molar-refractivity contribution in [2.24, 2.45) is 4.99 Å². The Hall–Kier alpha value is -3.03. The van der Waals surface area contributed by atoms with Crippen molar-refractivity contribution in [1.29, 1.82) is 0 Å². The SMILES string of the molecule is CC1=C(C(=O)N(C)C)[C@@H](c2ccc(Cl)cc2)N2C(CC(=O)N[C@H](C)c3ccccc3)=CSC2=N1. The Morgan fingerprint density at radius 2 is 1.82 bits per heavy atom. The van der Waals surface area contributed by atoms with E-state index in [1.165, 1.54) is 11.8 Å². The van der Waals surface area contributed by atoms with Gasteiger partial charge < -0.3 is 15.1 Å². The molecule has 2 heterocycles. The topological polar surface area (TPSA) is 65.0 Å². The largest absolute Gasteiger partial charge is 0.349 e. The highest BCUT2D eigenvalue weighted by atomic mass is 35.5. The van der Waals surface area contributed by atoms with Gasteiger partial charge in [-0.25, -0.2) is 4.99 Å². The van der Waals surface area contributed by atoms with E-state index in [9.17, 15) is 9.59 Å². The zero-order valence-corrected chi connectivity index (χ0v) is 21.2. The van der Waals surface area contributed by atoms with Crippen molar-refractivity contribution < 1.29 is 9.59 Å². The number of hydrogen-bond acceptors (Lipinski definition) is 5. The summed E-state index contributed by atoms with van der Waals surface area (Å²) in [5.74, 6) is -0.204. The molecule has 0 saturated heterocycles. The highest BCUT2D eigenvalue weighted by Crippen LogP contribution is 2.45. The van der Waals surface area contributed by atoms with E-state index in [1.807, 2.05) is 78.8 Å². The number of amidine groups is 1. The van der Waals surface area contributed by atoms with Gasteiger partial charge in [0.2, 0.25) is 5.91 Å². The molecule has 0 fully saturated rings. The monoisotopic (exact) mass is 494 g/mol. The van der Waals surface area contributed by atoms with Gasteiger partial charge in [-0.2, -0.15) is 0 Å². The van der Waals surface area contributed by atoms with Gasteiger partial charge in [-0.05, 0) is 42.5 Å². The van der Waals surface area contributed by atoms with Crippen molar-refractivity contribution in [1.82, 2.24) is 15.1 Å². The second-order valence-corrected chi connectivity index (χ2v) is 9.79. The molecule has 6 nitrogen and oxygen atoms in total. The van der Waals surface area contributed by atoms with Crippen LogP contribution in [0.4, 0.5) is 0 Å². The first-order valence-corrected chi connectivity index (χ1v) is 12.3. The number of rotatable bonds is 6. The minimum absolute atomic E-state index is 0.0916. The van der Waals surface area contributed by atoms with Crippen LogP contribution in [0, 0.1) is 0 Å². The lowest BCUT2D eigenvalue weighted by Gasteiger charge is -2.37. The fourth-order valence-electron chi connectivity index (χ4n) is 4.13. The molecule has 0 unspecified atom stereocenters. The molecule has 176 valence electrons. The number of carbonyl (C=O) groups is 2. The summed E-state index contributed by atoms with van der Waals surface area (Å²) in [7, 11) is 3.46. The molecule has 2 aliphatic heterocycles. The lowest BCUT2D eigenvalue weighted by molar-refractivity contribution is -0.125. The Balaban J connectivity index is 1.63. The second-order valence-electron chi connectivity index (χ2n) is 8.52. The summed E-state index contributed by atoms with van der Waals surface area (Å²) in [6.07, 6.45) is 0.176. The summed E-state index contributed by atoms with van der Waals surface area (Å²) in [6, 6.07) is 16.8. The molecule has 2 aliphatic rings. The lowest BCUT2D eigenvalue weighted by atomic mass is 9.93. The number of nitrogens with one attached hydrogen (secondary N) is 1. The molecule has 4 rings (SSSR count). The highest BCUT2D eigenvalue weighted by molar-refractivity contribution is 8.16. The zero-order chi connectivity index (χ0) is 24.4. The van der Waals surface area contributed by atoms with Gasteiger partial charge in [0, 0.05) is 24.8 Å². The van der Waals surface area contributed by atoms with E-state index in [2.05, 4.69) is 5.32 Å². The number of aliphatic imine (C=N–C) groups is 1. The van der Waals surface area contributed by atoms with Crippen molar-refractivity contribution in [3.8, 4) is 0 Å². The molecule has 0 saturated carbocycles. The summed E-state index contributed by atoms with van der Waals surface area (Å²) >= 11 is 7.61. The number of thioether (sulfide) groups is 1. The van der Waals surface area contributed by atoms with Crippen LogP contribution in [0.5, 0.6) is 0 Å². The number of carbonyl (C=O) groups excluding carboxylic acids is 2. The average molecular weight is 495 g/mol. The van der Waals surface area contributed by atoms with Gasteiger partial charge in [0.05, 0.1) is 29.8 Å². The molecule has 0 aliphatic carbocycles. The molecule has 0 spiro atoms. The smallest absolute Gasteiger partial charge is 0.253 e. The molecular formula is C26H27ClN4O2S. The summed E-state index contributed by atoms with van der Waals surface area (Å²) in [5.41, 5.74) is 4.02. The maximum absolute atomic E-state index is 13.2. The number of nitrogens with zero attached hydrogens (tertiary/aromatic N) is 3. The Morgan fingerprint density at radius 3 is 2.47 bits per heavy atom. The first kappa shape index (κ1) is 24.1. The third kappa shape index (κ3) is 4.91. The van der Waals surface area contributed by atoms with Crippen molar-refractivity contribution in [3.63, 3.8) is 0 Å². The number of likely N-dealkylation sites (N-methyl/N-ethyl adjacent to an activating group) is 1. The number of amides is 2. The molecule has 8 heteroatoms. The van der Waals surface area contributed by atoms with E-state index < -0.39 is 6.04 Å². The summed E-state index contributed by atoms with van der Waals surface area (Å²) in [4.78, 5) is 34.5. The van der Waals surface area contributed by atoms with Crippen molar-refractivity contribution >= 4 is 40.3 Å². The minimum atomic E-state index is -0.403. The van der Waals surface area contributed by atoms with Crippen LogP contribution >= 0.6 is 23.4 Å². The second kappa shape index (κ2) is 10.1. The maximum Gasteiger partial charge on any atom is 0.253 e. The molecule has 2 atom stereocenters. The molecule has 2 aromatic carbocycles. The van der Waals surface area contributed by atoms with Crippen LogP contribution < -0.4 is 5.32 Å². The van der Waals surface area contributed by atoms with Crippen LogP contribution in [0.3, 0.4) is 0 Å². The van der Waals surface area contributed by atoms with Crippen molar-refractivity contribution in [3.05, 3.63) is 93.1 Å². The molecule has 2 amide bonds. The number of halogens is 1. The lowest BCUT2D eigenvalue weighted by Crippen LogP contribution is -2.40.